The summed E-state index contributed by atoms with van der Waals surface area (Å²) in [6.45, 7) is 4.18. The van der Waals surface area contributed by atoms with Gasteiger partial charge in [-0.1, -0.05) is 12.1 Å². The third kappa shape index (κ3) is 6.82. The summed E-state index contributed by atoms with van der Waals surface area (Å²) in [7, 11) is 1.64. The van der Waals surface area contributed by atoms with Gasteiger partial charge in [0.2, 0.25) is 0 Å². The molecule has 2 N–H and O–H groups in total. The molecule has 0 aliphatic carbocycles. The Kier molecular flexibility index (Phi) is 8.85. The molecule has 0 saturated heterocycles. The molecule has 0 amide bonds. The molecule has 0 radical (unpaired) electrons. The van der Waals surface area contributed by atoms with E-state index in [1.54, 1.807) is 31.0 Å². The molecule has 6 heteroatoms. The zero-order valence-electron chi connectivity index (χ0n) is 12.9. The fourth-order valence-electron chi connectivity index (χ4n) is 1.78. The fraction of sp³-hybridized carbons (Fsp3) is 0.533. The van der Waals surface area contributed by atoms with E-state index in [9.17, 15) is 4.39 Å². The van der Waals surface area contributed by atoms with Crippen LogP contribution in [0.1, 0.15) is 18.6 Å². The highest BCUT2D eigenvalue weighted by atomic mass is 32.2. The van der Waals surface area contributed by atoms with Gasteiger partial charge in [0, 0.05) is 26.0 Å². The number of ether oxygens (including phenoxy) is 1. The maximum Gasteiger partial charge on any atom is 0.191 e. The number of hydrogen-bond donors (Lipinski definition) is 2. The van der Waals surface area contributed by atoms with Gasteiger partial charge in [-0.2, -0.15) is 11.8 Å². The summed E-state index contributed by atoms with van der Waals surface area (Å²) in [6, 6.07) is 6.33. The first kappa shape index (κ1) is 17.8. The molecule has 1 atom stereocenters. The van der Waals surface area contributed by atoms with E-state index >= 15 is 0 Å². The van der Waals surface area contributed by atoms with E-state index in [-0.39, 0.29) is 11.9 Å². The third-order valence-electron chi connectivity index (χ3n) is 2.88. The van der Waals surface area contributed by atoms with Gasteiger partial charge in [0.05, 0.1) is 6.54 Å². The molecule has 0 saturated carbocycles. The summed E-state index contributed by atoms with van der Waals surface area (Å²) in [6.07, 6.45) is 1.89. The average Bonchev–Trinajstić information content (AvgIpc) is 2.49. The normalized spacial score (nSPS) is 13.0. The van der Waals surface area contributed by atoms with Crippen molar-refractivity contribution in [1.29, 1.82) is 0 Å². The summed E-state index contributed by atoms with van der Waals surface area (Å²) in [4.78, 5) is 4.52. The molecule has 0 fully saturated rings. The Bertz CT molecular complexity index is 425. The lowest BCUT2D eigenvalue weighted by Crippen LogP contribution is -2.38. The van der Waals surface area contributed by atoms with Gasteiger partial charge >= 0.3 is 0 Å². The van der Waals surface area contributed by atoms with Crippen LogP contribution >= 0.6 is 11.8 Å². The van der Waals surface area contributed by atoms with Crippen molar-refractivity contribution < 1.29 is 9.13 Å². The summed E-state index contributed by atoms with van der Waals surface area (Å²) in [5.74, 6) is 1.55. The smallest absolute Gasteiger partial charge is 0.191 e. The molecule has 0 aliphatic heterocycles. The summed E-state index contributed by atoms with van der Waals surface area (Å²) >= 11 is 1.78. The number of benzene rings is 1. The van der Waals surface area contributed by atoms with Crippen molar-refractivity contribution in [3.05, 3.63) is 35.6 Å². The Morgan fingerprint density at radius 3 is 2.62 bits per heavy atom. The highest BCUT2D eigenvalue weighted by molar-refractivity contribution is 7.98. The van der Waals surface area contributed by atoms with Gasteiger partial charge in [-0.05, 0) is 30.9 Å². The molecule has 0 aromatic heterocycles. The van der Waals surface area contributed by atoms with E-state index in [0.717, 1.165) is 30.4 Å². The Hall–Kier alpha value is -1.27. The average molecular weight is 313 g/mol. The highest BCUT2D eigenvalue weighted by Crippen LogP contribution is 2.17. The van der Waals surface area contributed by atoms with Crippen LogP contribution in [0, 0.1) is 5.82 Å². The van der Waals surface area contributed by atoms with Crippen LogP contribution in [0.3, 0.4) is 0 Å². The first-order valence-corrected chi connectivity index (χ1v) is 8.40. The first-order chi connectivity index (χ1) is 10.2. The van der Waals surface area contributed by atoms with E-state index < -0.39 is 0 Å². The number of hydrogen-bond acceptors (Lipinski definition) is 3. The molecule has 1 rings (SSSR count). The van der Waals surface area contributed by atoms with Crippen LogP contribution in [0.15, 0.2) is 29.3 Å². The zero-order valence-corrected chi connectivity index (χ0v) is 13.7. The van der Waals surface area contributed by atoms with Gasteiger partial charge < -0.3 is 15.4 Å². The first-order valence-electron chi connectivity index (χ1n) is 7.00. The quantitative estimate of drug-likeness (QED) is 0.439. The Balaban J connectivity index is 2.64. The van der Waals surface area contributed by atoms with Crippen molar-refractivity contribution in [2.24, 2.45) is 4.99 Å². The van der Waals surface area contributed by atoms with E-state index in [1.807, 2.05) is 6.92 Å². The lowest BCUT2D eigenvalue weighted by molar-refractivity contribution is 0.111. The maximum absolute atomic E-state index is 13.0. The molecule has 4 nitrogen and oxygen atoms in total. The number of rotatable bonds is 8. The molecule has 1 aromatic carbocycles. The van der Waals surface area contributed by atoms with Crippen LogP contribution in [-0.4, -0.2) is 44.7 Å². The van der Waals surface area contributed by atoms with Gasteiger partial charge in [-0.25, -0.2) is 4.39 Å². The van der Waals surface area contributed by atoms with Crippen LogP contribution in [0.4, 0.5) is 4.39 Å². The van der Waals surface area contributed by atoms with Crippen molar-refractivity contribution in [3.63, 3.8) is 0 Å². The molecule has 21 heavy (non-hydrogen) atoms. The Labute approximate surface area is 130 Å². The second kappa shape index (κ2) is 10.5. The van der Waals surface area contributed by atoms with Crippen LogP contribution in [0.5, 0.6) is 0 Å². The summed E-state index contributed by atoms with van der Waals surface area (Å²) in [5.41, 5.74) is 0.919. The topological polar surface area (TPSA) is 45.7 Å². The number of aliphatic imine (C=N–C) groups is 1. The van der Waals surface area contributed by atoms with E-state index in [2.05, 4.69) is 21.9 Å². The lowest BCUT2D eigenvalue weighted by Gasteiger charge is -2.16. The van der Waals surface area contributed by atoms with Gasteiger partial charge in [0.1, 0.15) is 11.9 Å². The monoisotopic (exact) mass is 313 g/mol. The lowest BCUT2D eigenvalue weighted by atomic mass is 10.1. The highest BCUT2D eigenvalue weighted by Gasteiger charge is 2.10. The molecule has 0 spiro atoms. The molecule has 1 unspecified atom stereocenters. The number of guanidine groups is 1. The van der Waals surface area contributed by atoms with Crippen molar-refractivity contribution in [2.75, 3.05) is 38.8 Å². The van der Waals surface area contributed by atoms with Crippen molar-refractivity contribution in [1.82, 2.24) is 10.6 Å². The molecule has 118 valence electrons. The SMILES string of the molecule is CCNC(=NCC(OC)c1ccc(F)cc1)NCCSC. The van der Waals surface area contributed by atoms with Gasteiger partial charge in [-0.15, -0.1) is 0 Å². The van der Waals surface area contributed by atoms with Gasteiger partial charge in [-0.3, -0.25) is 4.99 Å². The van der Waals surface area contributed by atoms with E-state index in [4.69, 9.17) is 4.74 Å². The van der Waals surface area contributed by atoms with Crippen LogP contribution in [-0.2, 0) is 4.74 Å². The standard InChI is InChI=1S/C15H24FN3OS/c1-4-17-15(18-9-10-21-3)19-11-14(20-2)12-5-7-13(16)8-6-12/h5-8,14H,4,9-11H2,1-3H3,(H2,17,18,19). The van der Waals surface area contributed by atoms with E-state index in [0.29, 0.717) is 6.54 Å². The third-order valence-corrected chi connectivity index (χ3v) is 3.50. The number of nitrogens with zero attached hydrogens (tertiary/aromatic N) is 1. The Morgan fingerprint density at radius 2 is 2.05 bits per heavy atom. The van der Waals surface area contributed by atoms with Gasteiger partial charge in [0.15, 0.2) is 5.96 Å². The second-order valence-corrected chi connectivity index (χ2v) is 5.40. The molecule has 0 aliphatic rings. The van der Waals surface area contributed by atoms with E-state index in [1.165, 1.54) is 12.1 Å². The maximum atomic E-state index is 13.0. The summed E-state index contributed by atoms with van der Waals surface area (Å²) in [5, 5.41) is 6.46. The number of nitrogens with one attached hydrogen (secondary N) is 2. The van der Waals surface area contributed by atoms with Crippen LogP contribution < -0.4 is 10.6 Å². The minimum absolute atomic E-state index is 0.179. The minimum Gasteiger partial charge on any atom is -0.375 e. The number of halogens is 1. The zero-order chi connectivity index (χ0) is 15.5. The predicted octanol–water partition coefficient (Wildman–Crippen LogP) is 2.43. The minimum atomic E-state index is -0.246. The van der Waals surface area contributed by atoms with Crippen molar-refractivity contribution in [2.45, 2.75) is 13.0 Å². The fourth-order valence-corrected chi connectivity index (χ4v) is 2.09. The molecule has 1 aromatic rings. The molecule has 0 bridgehead atoms. The Morgan fingerprint density at radius 1 is 1.33 bits per heavy atom. The number of methoxy groups -OCH3 is 1. The largest absolute Gasteiger partial charge is 0.375 e. The van der Waals surface area contributed by atoms with Crippen LogP contribution in [0.25, 0.3) is 0 Å². The number of thioether (sulfide) groups is 1. The predicted molar refractivity (Wildman–Crippen MR) is 88.5 cm³/mol. The van der Waals surface area contributed by atoms with Crippen molar-refractivity contribution >= 4 is 17.7 Å². The van der Waals surface area contributed by atoms with Crippen molar-refractivity contribution in [3.8, 4) is 0 Å². The molecular formula is C15H24FN3OS. The van der Waals surface area contributed by atoms with Crippen LogP contribution in [0.2, 0.25) is 0 Å². The van der Waals surface area contributed by atoms with Gasteiger partial charge in [0.25, 0.3) is 0 Å². The second-order valence-electron chi connectivity index (χ2n) is 4.42. The molecular weight excluding hydrogens is 289 g/mol. The summed E-state index contributed by atoms with van der Waals surface area (Å²) < 4.78 is 18.4. The molecule has 0 heterocycles.